The van der Waals surface area contributed by atoms with E-state index in [4.69, 9.17) is 4.74 Å². The summed E-state index contributed by atoms with van der Waals surface area (Å²) in [6.07, 6.45) is 1.91. The summed E-state index contributed by atoms with van der Waals surface area (Å²) in [6.45, 7) is 9.58. The van der Waals surface area contributed by atoms with Crippen molar-refractivity contribution in [1.82, 2.24) is 24.5 Å². The lowest BCUT2D eigenvalue weighted by atomic mass is 10.2. The molecule has 3 heterocycles. The summed E-state index contributed by atoms with van der Waals surface area (Å²) in [7, 11) is 0. The minimum atomic E-state index is -0.0506. The molecular weight excluding hydrogens is 374 g/mol. The Morgan fingerprint density at radius 2 is 1.96 bits per heavy atom. The number of halogens is 1. The topological polar surface area (TPSA) is 65.2 Å². The van der Waals surface area contributed by atoms with Gasteiger partial charge in [-0.25, -0.2) is 4.68 Å². The van der Waals surface area contributed by atoms with E-state index in [9.17, 15) is 4.79 Å². The standard InChI is InChI=1S/C16H22BrN5O2/c1-10-7-20(8-11(2)24-10)16(23)14-5-6-21(19-14)9-22-13(4)15(17)12(3)18-22/h5-6,10-11H,7-9H2,1-4H3/t10-,11+. The Morgan fingerprint density at radius 3 is 2.54 bits per heavy atom. The van der Waals surface area contributed by atoms with Gasteiger partial charge in [-0.2, -0.15) is 10.2 Å². The molecule has 1 amide bonds. The third kappa shape index (κ3) is 3.39. The van der Waals surface area contributed by atoms with Gasteiger partial charge < -0.3 is 9.64 Å². The molecule has 8 heteroatoms. The highest BCUT2D eigenvalue weighted by atomic mass is 79.9. The number of aromatic nitrogens is 4. The second kappa shape index (κ2) is 6.68. The SMILES string of the molecule is Cc1nn(Cn2ccc(C(=O)N3C[C@@H](C)O[C@@H](C)C3)n2)c(C)c1Br. The maximum Gasteiger partial charge on any atom is 0.274 e. The molecule has 24 heavy (non-hydrogen) atoms. The second-order valence-electron chi connectivity index (χ2n) is 6.33. The van der Waals surface area contributed by atoms with Crippen molar-refractivity contribution >= 4 is 21.8 Å². The average Bonchev–Trinajstić information content (AvgIpc) is 3.07. The fraction of sp³-hybridized carbons (Fsp3) is 0.562. The van der Waals surface area contributed by atoms with Crippen molar-refractivity contribution in [2.45, 2.75) is 46.6 Å². The zero-order chi connectivity index (χ0) is 17.4. The van der Waals surface area contributed by atoms with E-state index >= 15 is 0 Å². The van der Waals surface area contributed by atoms with Gasteiger partial charge in [0.25, 0.3) is 5.91 Å². The first-order valence-electron chi connectivity index (χ1n) is 8.03. The highest BCUT2D eigenvalue weighted by molar-refractivity contribution is 9.10. The lowest BCUT2D eigenvalue weighted by Crippen LogP contribution is -2.48. The molecule has 0 saturated carbocycles. The summed E-state index contributed by atoms with van der Waals surface area (Å²) >= 11 is 3.52. The van der Waals surface area contributed by atoms with Gasteiger partial charge in [0, 0.05) is 19.3 Å². The molecule has 2 atom stereocenters. The number of amides is 1. The molecular formula is C16H22BrN5O2. The van der Waals surface area contributed by atoms with Crippen molar-refractivity contribution in [2.75, 3.05) is 13.1 Å². The van der Waals surface area contributed by atoms with Crippen LogP contribution in [0.4, 0.5) is 0 Å². The lowest BCUT2D eigenvalue weighted by Gasteiger charge is -2.34. The normalized spacial score (nSPS) is 21.3. The maximum absolute atomic E-state index is 12.6. The summed E-state index contributed by atoms with van der Waals surface area (Å²) in [5.41, 5.74) is 2.43. The van der Waals surface area contributed by atoms with Gasteiger partial charge in [0.1, 0.15) is 12.4 Å². The average molecular weight is 396 g/mol. The number of morpholine rings is 1. The van der Waals surface area contributed by atoms with Crippen LogP contribution in [0.1, 0.15) is 35.7 Å². The molecule has 2 aromatic heterocycles. The highest BCUT2D eigenvalue weighted by Gasteiger charge is 2.27. The quantitative estimate of drug-likeness (QED) is 0.798. The Balaban J connectivity index is 1.73. The third-order valence-corrected chi connectivity index (χ3v) is 5.29. The molecule has 1 saturated heterocycles. The van der Waals surface area contributed by atoms with Crippen LogP contribution in [0.5, 0.6) is 0 Å². The number of hydrogen-bond donors (Lipinski definition) is 0. The molecule has 3 rings (SSSR count). The van der Waals surface area contributed by atoms with E-state index in [2.05, 4.69) is 26.1 Å². The van der Waals surface area contributed by atoms with Gasteiger partial charge in [-0.1, -0.05) is 0 Å². The summed E-state index contributed by atoms with van der Waals surface area (Å²) in [4.78, 5) is 14.5. The molecule has 0 unspecified atom stereocenters. The molecule has 1 fully saturated rings. The van der Waals surface area contributed by atoms with E-state index in [1.54, 1.807) is 10.7 Å². The van der Waals surface area contributed by atoms with Crippen LogP contribution < -0.4 is 0 Å². The van der Waals surface area contributed by atoms with E-state index in [0.717, 1.165) is 15.9 Å². The Bertz CT molecular complexity index is 744. The first-order chi connectivity index (χ1) is 11.3. The first kappa shape index (κ1) is 17.2. The Kier molecular flexibility index (Phi) is 4.78. The smallest absolute Gasteiger partial charge is 0.274 e. The molecule has 0 spiro atoms. The molecule has 0 aromatic carbocycles. The Morgan fingerprint density at radius 1 is 1.29 bits per heavy atom. The number of aryl methyl sites for hydroxylation is 1. The van der Waals surface area contributed by atoms with Crippen LogP contribution in [0.2, 0.25) is 0 Å². The van der Waals surface area contributed by atoms with Gasteiger partial charge in [0.05, 0.1) is 28.1 Å². The van der Waals surface area contributed by atoms with Gasteiger partial charge >= 0.3 is 0 Å². The number of rotatable bonds is 3. The number of nitrogens with zero attached hydrogens (tertiary/aromatic N) is 5. The van der Waals surface area contributed by atoms with Gasteiger partial charge in [-0.3, -0.25) is 9.48 Å². The van der Waals surface area contributed by atoms with E-state index < -0.39 is 0 Å². The van der Waals surface area contributed by atoms with Gasteiger partial charge in [0.15, 0.2) is 0 Å². The van der Waals surface area contributed by atoms with E-state index in [1.165, 1.54) is 0 Å². The number of carbonyl (C=O) groups is 1. The molecule has 1 aliphatic heterocycles. The van der Waals surface area contributed by atoms with Crippen LogP contribution in [-0.2, 0) is 11.4 Å². The van der Waals surface area contributed by atoms with E-state index in [1.807, 2.05) is 43.5 Å². The summed E-state index contributed by atoms with van der Waals surface area (Å²) in [5.74, 6) is -0.0506. The fourth-order valence-electron chi connectivity index (χ4n) is 3.01. The molecule has 0 radical (unpaired) electrons. The first-order valence-corrected chi connectivity index (χ1v) is 8.82. The highest BCUT2D eigenvalue weighted by Crippen LogP contribution is 2.20. The molecule has 0 N–H and O–H groups in total. The number of hydrogen-bond acceptors (Lipinski definition) is 4. The Labute approximate surface area is 149 Å². The van der Waals surface area contributed by atoms with Crippen molar-refractivity contribution in [3.63, 3.8) is 0 Å². The largest absolute Gasteiger partial charge is 0.372 e. The van der Waals surface area contributed by atoms with Crippen LogP contribution in [0.3, 0.4) is 0 Å². The molecule has 1 aliphatic rings. The predicted octanol–water partition coefficient (Wildman–Crippen LogP) is 2.21. The van der Waals surface area contributed by atoms with Crippen LogP contribution in [0.25, 0.3) is 0 Å². The van der Waals surface area contributed by atoms with Crippen molar-refractivity contribution in [2.24, 2.45) is 0 Å². The molecule has 0 bridgehead atoms. The third-order valence-electron chi connectivity index (χ3n) is 4.14. The lowest BCUT2D eigenvalue weighted by molar-refractivity contribution is -0.0587. The van der Waals surface area contributed by atoms with Gasteiger partial charge in [-0.15, -0.1) is 0 Å². The van der Waals surface area contributed by atoms with Crippen molar-refractivity contribution in [1.29, 1.82) is 0 Å². The minimum absolute atomic E-state index is 0.0480. The minimum Gasteiger partial charge on any atom is -0.372 e. The van der Waals surface area contributed by atoms with Crippen molar-refractivity contribution in [3.8, 4) is 0 Å². The molecule has 0 aliphatic carbocycles. The second-order valence-corrected chi connectivity index (χ2v) is 7.13. The molecule has 130 valence electrons. The van der Waals surface area contributed by atoms with Crippen molar-refractivity contribution < 1.29 is 9.53 Å². The van der Waals surface area contributed by atoms with Crippen LogP contribution in [0.15, 0.2) is 16.7 Å². The van der Waals surface area contributed by atoms with Crippen LogP contribution in [0, 0.1) is 13.8 Å². The van der Waals surface area contributed by atoms with Gasteiger partial charge in [-0.05, 0) is 49.7 Å². The maximum atomic E-state index is 12.6. The predicted molar refractivity (Wildman–Crippen MR) is 92.9 cm³/mol. The van der Waals surface area contributed by atoms with Crippen LogP contribution >= 0.6 is 15.9 Å². The number of carbonyl (C=O) groups excluding carboxylic acids is 1. The Hall–Kier alpha value is -1.67. The van der Waals surface area contributed by atoms with E-state index in [0.29, 0.717) is 25.5 Å². The monoisotopic (exact) mass is 395 g/mol. The summed E-state index contributed by atoms with van der Waals surface area (Å²) in [5, 5.41) is 8.89. The summed E-state index contributed by atoms with van der Waals surface area (Å²) in [6, 6.07) is 1.76. The summed E-state index contributed by atoms with van der Waals surface area (Å²) < 4.78 is 10.3. The van der Waals surface area contributed by atoms with Gasteiger partial charge in [0.2, 0.25) is 0 Å². The van der Waals surface area contributed by atoms with Crippen LogP contribution in [-0.4, -0.2) is 55.7 Å². The molecule has 7 nitrogen and oxygen atoms in total. The fourth-order valence-corrected chi connectivity index (χ4v) is 3.29. The zero-order valence-electron chi connectivity index (χ0n) is 14.4. The zero-order valence-corrected chi connectivity index (χ0v) is 15.9. The molecule has 2 aromatic rings. The van der Waals surface area contributed by atoms with Crippen molar-refractivity contribution in [3.05, 3.63) is 33.8 Å². The van der Waals surface area contributed by atoms with E-state index in [-0.39, 0.29) is 18.1 Å². The number of ether oxygens (including phenoxy) is 1.